The van der Waals surface area contributed by atoms with Crippen molar-refractivity contribution < 1.29 is 9.59 Å². The Kier molecular flexibility index (Phi) is 2.94. The predicted octanol–water partition coefficient (Wildman–Crippen LogP) is 1.25. The van der Waals surface area contributed by atoms with Crippen LogP contribution in [0.4, 0.5) is 5.69 Å². The fraction of sp³-hybridized carbons (Fsp3) is 0.0714. The van der Waals surface area contributed by atoms with E-state index in [-0.39, 0.29) is 5.91 Å². The zero-order valence-electron chi connectivity index (χ0n) is 11.3. The number of carbonyl (C=O) groups excluding carboxylic acids is 2. The molecule has 0 aliphatic heterocycles. The molecule has 0 saturated carbocycles. The van der Waals surface area contributed by atoms with Gasteiger partial charge >= 0.3 is 0 Å². The summed E-state index contributed by atoms with van der Waals surface area (Å²) in [7, 11) is 1.68. The molecule has 2 amide bonds. The van der Waals surface area contributed by atoms with Crippen LogP contribution in [-0.2, 0) is 7.05 Å². The van der Waals surface area contributed by atoms with E-state index >= 15 is 0 Å². The number of benzene rings is 1. The summed E-state index contributed by atoms with van der Waals surface area (Å²) < 4.78 is 1.56. The van der Waals surface area contributed by atoms with E-state index in [9.17, 15) is 9.59 Å². The standard InChI is InChI=1S/C14H13N5O2/c1-19-7-8(6-11(19)13(15)20)16-14(21)12-9-4-2-3-5-10(9)17-18-12/h2-7H,1H3,(H2,15,20)(H,16,21)(H,17,18). The molecule has 1 aromatic carbocycles. The van der Waals surface area contributed by atoms with Gasteiger partial charge in [-0.25, -0.2) is 0 Å². The lowest BCUT2D eigenvalue weighted by atomic mass is 10.2. The molecule has 0 aliphatic carbocycles. The number of hydrogen-bond donors (Lipinski definition) is 3. The van der Waals surface area contributed by atoms with Crippen molar-refractivity contribution in [2.75, 3.05) is 5.32 Å². The molecule has 21 heavy (non-hydrogen) atoms. The molecule has 7 heteroatoms. The van der Waals surface area contributed by atoms with Gasteiger partial charge < -0.3 is 15.6 Å². The maximum Gasteiger partial charge on any atom is 0.276 e. The van der Waals surface area contributed by atoms with Crippen LogP contribution in [0.1, 0.15) is 21.0 Å². The summed E-state index contributed by atoms with van der Waals surface area (Å²) in [6, 6.07) is 8.87. The molecule has 0 radical (unpaired) electrons. The fourth-order valence-corrected chi connectivity index (χ4v) is 2.20. The molecule has 0 spiro atoms. The number of hydrogen-bond acceptors (Lipinski definition) is 3. The average Bonchev–Trinajstić information content (AvgIpc) is 3.02. The second-order valence-electron chi connectivity index (χ2n) is 4.66. The van der Waals surface area contributed by atoms with Gasteiger partial charge in [0.25, 0.3) is 11.8 Å². The summed E-state index contributed by atoms with van der Waals surface area (Å²) in [5, 5.41) is 10.3. The number of nitrogens with two attached hydrogens (primary N) is 1. The van der Waals surface area contributed by atoms with E-state index < -0.39 is 5.91 Å². The lowest BCUT2D eigenvalue weighted by Crippen LogP contribution is -2.14. The smallest absolute Gasteiger partial charge is 0.276 e. The number of fused-ring (bicyclic) bond motifs is 1. The quantitative estimate of drug-likeness (QED) is 0.673. The van der Waals surface area contributed by atoms with E-state index in [1.807, 2.05) is 24.3 Å². The molecule has 0 saturated heterocycles. The first kappa shape index (κ1) is 12.9. The highest BCUT2D eigenvalue weighted by Gasteiger charge is 2.16. The number of nitrogens with one attached hydrogen (secondary N) is 2. The minimum Gasteiger partial charge on any atom is -0.364 e. The van der Waals surface area contributed by atoms with Crippen molar-refractivity contribution in [2.24, 2.45) is 12.8 Å². The predicted molar refractivity (Wildman–Crippen MR) is 78.0 cm³/mol. The number of primary amides is 1. The number of para-hydroxylation sites is 1. The third kappa shape index (κ3) is 2.25. The number of H-pyrrole nitrogens is 1. The van der Waals surface area contributed by atoms with Crippen LogP contribution < -0.4 is 11.1 Å². The van der Waals surface area contributed by atoms with Crippen LogP contribution in [0.25, 0.3) is 10.9 Å². The molecule has 2 heterocycles. The van der Waals surface area contributed by atoms with Crippen LogP contribution in [0.3, 0.4) is 0 Å². The fourth-order valence-electron chi connectivity index (χ4n) is 2.20. The first-order valence-electron chi connectivity index (χ1n) is 6.27. The first-order valence-corrected chi connectivity index (χ1v) is 6.27. The minimum atomic E-state index is -0.553. The summed E-state index contributed by atoms with van der Waals surface area (Å²) in [4.78, 5) is 23.5. The van der Waals surface area contributed by atoms with Gasteiger partial charge in [0.2, 0.25) is 0 Å². The molecule has 7 nitrogen and oxygen atoms in total. The van der Waals surface area contributed by atoms with E-state index in [1.165, 1.54) is 6.07 Å². The number of amides is 2. The number of carbonyl (C=O) groups is 2. The van der Waals surface area contributed by atoms with Gasteiger partial charge in [0.15, 0.2) is 5.69 Å². The Morgan fingerprint density at radius 3 is 2.81 bits per heavy atom. The first-order chi connectivity index (χ1) is 10.1. The number of rotatable bonds is 3. The Morgan fingerprint density at radius 1 is 1.33 bits per heavy atom. The van der Waals surface area contributed by atoms with Gasteiger partial charge in [0, 0.05) is 18.6 Å². The van der Waals surface area contributed by atoms with Crippen molar-refractivity contribution in [3.63, 3.8) is 0 Å². The van der Waals surface area contributed by atoms with Gasteiger partial charge in [0.1, 0.15) is 5.69 Å². The molecule has 3 rings (SSSR count). The van der Waals surface area contributed by atoms with Crippen molar-refractivity contribution in [1.82, 2.24) is 14.8 Å². The largest absolute Gasteiger partial charge is 0.364 e. The van der Waals surface area contributed by atoms with Crippen molar-refractivity contribution in [3.8, 4) is 0 Å². The molecule has 2 aromatic heterocycles. The van der Waals surface area contributed by atoms with Crippen LogP contribution >= 0.6 is 0 Å². The molecular weight excluding hydrogens is 270 g/mol. The maximum atomic E-state index is 12.3. The van der Waals surface area contributed by atoms with Gasteiger partial charge in [-0.15, -0.1) is 0 Å². The SMILES string of the molecule is Cn1cc(NC(=O)c2n[nH]c3ccccc23)cc1C(N)=O. The zero-order chi connectivity index (χ0) is 15.0. The van der Waals surface area contributed by atoms with E-state index in [1.54, 1.807) is 17.8 Å². The van der Waals surface area contributed by atoms with Crippen molar-refractivity contribution in [3.05, 3.63) is 47.9 Å². The number of nitrogens with zero attached hydrogens (tertiary/aromatic N) is 2. The van der Waals surface area contributed by atoms with E-state index in [0.717, 1.165) is 10.9 Å². The molecule has 0 fully saturated rings. The van der Waals surface area contributed by atoms with Gasteiger partial charge in [-0.2, -0.15) is 5.10 Å². The molecular formula is C14H13N5O2. The van der Waals surface area contributed by atoms with Crippen molar-refractivity contribution in [1.29, 1.82) is 0 Å². The van der Waals surface area contributed by atoms with Gasteiger partial charge in [-0.05, 0) is 12.1 Å². The summed E-state index contributed by atoms with van der Waals surface area (Å²) in [5.74, 6) is -0.905. The Labute approximate surface area is 119 Å². The zero-order valence-corrected chi connectivity index (χ0v) is 11.3. The van der Waals surface area contributed by atoms with Crippen molar-refractivity contribution >= 4 is 28.4 Å². The minimum absolute atomic E-state index is 0.301. The van der Waals surface area contributed by atoms with E-state index in [2.05, 4.69) is 15.5 Å². The monoisotopic (exact) mass is 283 g/mol. The molecule has 3 aromatic rings. The summed E-state index contributed by atoms with van der Waals surface area (Å²) in [5.41, 5.74) is 7.13. The van der Waals surface area contributed by atoms with Crippen LogP contribution in [0.2, 0.25) is 0 Å². The Bertz CT molecular complexity index is 846. The van der Waals surface area contributed by atoms with Crippen LogP contribution in [-0.4, -0.2) is 26.6 Å². The van der Waals surface area contributed by atoms with Gasteiger partial charge in [-0.1, -0.05) is 18.2 Å². The second kappa shape index (κ2) is 4.78. The second-order valence-corrected chi connectivity index (χ2v) is 4.66. The lowest BCUT2D eigenvalue weighted by Gasteiger charge is -1.99. The molecule has 0 unspecified atom stereocenters. The normalized spacial score (nSPS) is 10.7. The highest BCUT2D eigenvalue weighted by atomic mass is 16.2. The third-order valence-electron chi connectivity index (χ3n) is 3.20. The van der Waals surface area contributed by atoms with Gasteiger partial charge in [0.05, 0.1) is 11.2 Å². The van der Waals surface area contributed by atoms with E-state index in [0.29, 0.717) is 17.1 Å². The Morgan fingerprint density at radius 2 is 2.10 bits per heavy atom. The Hall–Kier alpha value is -3.09. The summed E-state index contributed by atoms with van der Waals surface area (Å²) in [6.45, 7) is 0. The molecule has 0 atom stereocenters. The molecule has 4 N–H and O–H groups in total. The summed E-state index contributed by atoms with van der Waals surface area (Å²) in [6.07, 6.45) is 1.62. The highest BCUT2D eigenvalue weighted by molar-refractivity contribution is 6.11. The number of aromatic amines is 1. The lowest BCUT2D eigenvalue weighted by molar-refractivity contribution is 0.0989. The molecule has 0 bridgehead atoms. The van der Waals surface area contributed by atoms with E-state index in [4.69, 9.17) is 5.73 Å². The number of aromatic nitrogens is 3. The molecule has 106 valence electrons. The average molecular weight is 283 g/mol. The molecule has 0 aliphatic rings. The topological polar surface area (TPSA) is 106 Å². The Balaban J connectivity index is 1.90. The summed E-state index contributed by atoms with van der Waals surface area (Å²) >= 11 is 0. The van der Waals surface area contributed by atoms with Gasteiger partial charge in [-0.3, -0.25) is 14.7 Å². The van der Waals surface area contributed by atoms with Crippen molar-refractivity contribution in [2.45, 2.75) is 0 Å². The van der Waals surface area contributed by atoms with Crippen LogP contribution in [0, 0.1) is 0 Å². The number of anilines is 1. The van der Waals surface area contributed by atoms with Crippen LogP contribution in [0.5, 0.6) is 0 Å². The maximum absolute atomic E-state index is 12.3. The third-order valence-corrected chi connectivity index (χ3v) is 3.20. The highest BCUT2D eigenvalue weighted by Crippen LogP contribution is 2.18. The number of aryl methyl sites for hydroxylation is 1. The van der Waals surface area contributed by atoms with Crippen LogP contribution in [0.15, 0.2) is 36.5 Å².